The third-order valence-corrected chi connectivity index (χ3v) is 3.31. The number of hydrogen-bond acceptors (Lipinski definition) is 3. The topological polar surface area (TPSA) is 35.5 Å². The Balaban J connectivity index is 1.82. The zero-order valence-corrected chi connectivity index (χ0v) is 12.5. The van der Waals surface area contributed by atoms with Gasteiger partial charge in [0.1, 0.15) is 18.6 Å². The Morgan fingerprint density at radius 1 is 0.783 bits per heavy atom. The minimum Gasteiger partial charge on any atom is -0.485 e. The van der Waals surface area contributed by atoms with E-state index in [-0.39, 0.29) is 0 Å². The van der Waals surface area contributed by atoms with Crippen LogP contribution < -0.4 is 9.47 Å². The van der Waals surface area contributed by atoms with Gasteiger partial charge < -0.3 is 9.47 Å². The number of carbonyl (C=O) groups is 1. The van der Waals surface area contributed by atoms with Crippen molar-refractivity contribution in [2.45, 2.75) is 6.61 Å². The van der Waals surface area contributed by atoms with E-state index in [0.717, 1.165) is 11.8 Å². The van der Waals surface area contributed by atoms with Crippen molar-refractivity contribution in [1.29, 1.82) is 0 Å². The molecule has 0 bridgehead atoms. The van der Waals surface area contributed by atoms with Crippen LogP contribution in [0.25, 0.3) is 0 Å². The van der Waals surface area contributed by atoms with Gasteiger partial charge in [0, 0.05) is 5.56 Å². The number of hydrogen-bond donors (Lipinski definition) is 0. The average molecular weight is 304 g/mol. The van der Waals surface area contributed by atoms with E-state index < -0.39 is 0 Å². The Kier molecular flexibility index (Phi) is 4.69. The summed E-state index contributed by atoms with van der Waals surface area (Å²) in [6.45, 7) is 0.437. The first-order valence-electron chi connectivity index (χ1n) is 7.34. The van der Waals surface area contributed by atoms with Crippen LogP contribution in [0.2, 0.25) is 0 Å². The van der Waals surface area contributed by atoms with Crippen LogP contribution in [0.15, 0.2) is 78.9 Å². The SMILES string of the molecule is O=Cc1ccc(OCc2ccccc2)c(Oc2ccccc2)c1. The Hall–Kier alpha value is -3.07. The first-order chi connectivity index (χ1) is 11.3. The molecule has 23 heavy (non-hydrogen) atoms. The minimum absolute atomic E-state index is 0.437. The maximum atomic E-state index is 11.0. The Labute approximate surface area is 135 Å². The molecule has 3 heteroatoms. The van der Waals surface area contributed by atoms with E-state index in [1.807, 2.05) is 60.7 Å². The van der Waals surface area contributed by atoms with Gasteiger partial charge >= 0.3 is 0 Å². The van der Waals surface area contributed by atoms with Crippen molar-refractivity contribution in [3.05, 3.63) is 90.0 Å². The molecule has 3 aromatic rings. The van der Waals surface area contributed by atoms with E-state index in [9.17, 15) is 4.79 Å². The van der Waals surface area contributed by atoms with Gasteiger partial charge in [-0.1, -0.05) is 48.5 Å². The summed E-state index contributed by atoms with van der Waals surface area (Å²) >= 11 is 0. The molecule has 0 aliphatic rings. The Morgan fingerprint density at radius 3 is 2.17 bits per heavy atom. The second-order valence-corrected chi connectivity index (χ2v) is 5.01. The fourth-order valence-electron chi connectivity index (χ4n) is 2.15. The summed E-state index contributed by atoms with van der Waals surface area (Å²) in [6.07, 6.45) is 0.791. The second-order valence-electron chi connectivity index (χ2n) is 5.01. The molecule has 0 fully saturated rings. The highest BCUT2D eigenvalue weighted by atomic mass is 16.5. The first-order valence-corrected chi connectivity index (χ1v) is 7.34. The summed E-state index contributed by atoms with van der Waals surface area (Å²) in [5.74, 6) is 1.82. The molecule has 0 saturated heterocycles. The number of rotatable bonds is 6. The van der Waals surface area contributed by atoms with Gasteiger partial charge in [0.15, 0.2) is 11.5 Å². The molecule has 0 aromatic heterocycles. The van der Waals surface area contributed by atoms with Crippen LogP contribution in [0.5, 0.6) is 17.2 Å². The summed E-state index contributed by atoms with van der Waals surface area (Å²) in [6, 6.07) is 24.5. The molecule has 0 aliphatic carbocycles. The zero-order chi connectivity index (χ0) is 15.9. The number of para-hydroxylation sites is 1. The van der Waals surface area contributed by atoms with Crippen LogP contribution in [0.3, 0.4) is 0 Å². The minimum atomic E-state index is 0.437. The summed E-state index contributed by atoms with van der Waals surface area (Å²) in [5, 5.41) is 0. The Bertz CT molecular complexity index is 767. The normalized spacial score (nSPS) is 10.1. The van der Waals surface area contributed by atoms with Crippen molar-refractivity contribution in [3.63, 3.8) is 0 Å². The van der Waals surface area contributed by atoms with Crippen LogP contribution in [-0.4, -0.2) is 6.29 Å². The molecule has 0 N–H and O–H groups in total. The van der Waals surface area contributed by atoms with Crippen molar-refractivity contribution >= 4 is 6.29 Å². The molecule has 3 aromatic carbocycles. The van der Waals surface area contributed by atoms with Crippen LogP contribution in [0, 0.1) is 0 Å². The number of carbonyl (C=O) groups excluding carboxylic acids is 1. The third-order valence-electron chi connectivity index (χ3n) is 3.31. The maximum Gasteiger partial charge on any atom is 0.170 e. The number of ether oxygens (including phenoxy) is 2. The lowest BCUT2D eigenvalue weighted by atomic mass is 10.2. The lowest BCUT2D eigenvalue weighted by molar-refractivity contribution is 0.112. The summed E-state index contributed by atoms with van der Waals surface area (Å²) in [4.78, 5) is 11.0. The van der Waals surface area contributed by atoms with Crippen molar-refractivity contribution < 1.29 is 14.3 Å². The molecule has 0 amide bonds. The molecule has 0 saturated carbocycles. The molecule has 3 rings (SSSR count). The zero-order valence-electron chi connectivity index (χ0n) is 12.5. The lowest BCUT2D eigenvalue weighted by Gasteiger charge is -2.13. The summed E-state index contributed by atoms with van der Waals surface area (Å²) < 4.78 is 11.7. The molecule has 0 aliphatic heterocycles. The molecular weight excluding hydrogens is 288 g/mol. The van der Waals surface area contributed by atoms with Gasteiger partial charge in [0.2, 0.25) is 0 Å². The van der Waals surface area contributed by atoms with Gasteiger partial charge in [-0.2, -0.15) is 0 Å². The van der Waals surface area contributed by atoms with Crippen LogP contribution in [-0.2, 0) is 6.61 Å². The molecule has 114 valence electrons. The van der Waals surface area contributed by atoms with Crippen molar-refractivity contribution in [3.8, 4) is 17.2 Å². The van der Waals surface area contributed by atoms with E-state index in [1.54, 1.807) is 18.2 Å². The van der Waals surface area contributed by atoms with Crippen LogP contribution >= 0.6 is 0 Å². The number of benzene rings is 3. The van der Waals surface area contributed by atoms with E-state index in [4.69, 9.17) is 9.47 Å². The van der Waals surface area contributed by atoms with Gasteiger partial charge in [-0.15, -0.1) is 0 Å². The monoisotopic (exact) mass is 304 g/mol. The van der Waals surface area contributed by atoms with E-state index in [0.29, 0.717) is 29.4 Å². The van der Waals surface area contributed by atoms with Gasteiger partial charge in [-0.3, -0.25) is 4.79 Å². The Morgan fingerprint density at radius 2 is 1.48 bits per heavy atom. The van der Waals surface area contributed by atoms with Crippen molar-refractivity contribution in [1.82, 2.24) is 0 Å². The van der Waals surface area contributed by atoms with Crippen molar-refractivity contribution in [2.24, 2.45) is 0 Å². The van der Waals surface area contributed by atoms with E-state index in [1.165, 1.54) is 0 Å². The fourth-order valence-corrected chi connectivity index (χ4v) is 2.15. The molecule has 0 unspecified atom stereocenters. The van der Waals surface area contributed by atoms with Crippen molar-refractivity contribution in [2.75, 3.05) is 0 Å². The molecule has 0 heterocycles. The van der Waals surface area contributed by atoms with E-state index in [2.05, 4.69) is 0 Å². The summed E-state index contributed by atoms with van der Waals surface area (Å²) in [5.41, 5.74) is 1.61. The standard InChI is InChI=1S/C20H16O3/c21-14-17-11-12-19(22-15-16-7-3-1-4-8-16)20(13-17)23-18-9-5-2-6-10-18/h1-14H,15H2. The van der Waals surface area contributed by atoms with Crippen LogP contribution in [0.4, 0.5) is 0 Å². The molecule has 0 radical (unpaired) electrons. The molecule has 3 nitrogen and oxygen atoms in total. The number of aldehydes is 1. The third kappa shape index (κ3) is 3.98. The van der Waals surface area contributed by atoms with Gasteiger partial charge in [-0.05, 0) is 35.9 Å². The van der Waals surface area contributed by atoms with Gasteiger partial charge in [-0.25, -0.2) is 0 Å². The first kappa shape index (κ1) is 14.9. The lowest BCUT2D eigenvalue weighted by Crippen LogP contribution is -1.98. The predicted octanol–water partition coefficient (Wildman–Crippen LogP) is 4.87. The molecule has 0 spiro atoms. The maximum absolute atomic E-state index is 11.0. The molecular formula is C20H16O3. The summed E-state index contributed by atoms with van der Waals surface area (Å²) in [7, 11) is 0. The average Bonchev–Trinajstić information content (AvgIpc) is 2.62. The fraction of sp³-hybridized carbons (Fsp3) is 0.0500. The highest BCUT2D eigenvalue weighted by Crippen LogP contribution is 2.32. The largest absolute Gasteiger partial charge is 0.485 e. The van der Waals surface area contributed by atoms with Crippen LogP contribution in [0.1, 0.15) is 15.9 Å². The molecule has 0 atom stereocenters. The van der Waals surface area contributed by atoms with Gasteiger partial charge in [0.05, 0.1) is 0 Å². The van der Waals surface area contributed by atoms with E-state index >= 15 is 0 Å². The highest BCUT2D eigenvalue weighted by Gasteiger charge is 2.08. The quantitative estimate of drug-likeness (QED) is 0.609. The predicted molar refractivity (Wildman–Crippen MR) is 89.1 cm³/mol. The van der Waals surface area contributed by atoms with Gasteiger partial charge in [0.25, 0.3) is 0 Å². The smallest absolute Gasteiger partial charge is 0.170 e. The highest BCUT2D eigenvalue weighted by molar-refractivity contribution is 5.76. The second kappa shape index (κ2) is 7.27.